The first kappa shape index (κ1) is 27.0. The fourth-order valence-corrected chi connectivity index (χ4v) is 4.18. The molecule has 0 aliphatic carbocycles. The lowest BCUT2D eigenvalue weighted by Crippen LogP contribution is -2.45. The summed E-state index contributed by atoms with van der Waals surface area (Å²) in [5.41, 5.74) is 0.294. The number of fused-ring (bicyclic) bond motifs is 1. The van der Waals surface area contributed by atoms with Gasteiger partial charge >= 0.3 is 12.1 Å². The van der Waals surface area contributed by atoms with Gasteiger partial charge in [-0.3, -0.25) is 14.2 Å². The number of aromatic hydroxyl groups is 2. The Morgan fingerprint density at radius 2 is 1.72 bits per heavy atom. The molecule has 1 aromatic carbocycles. The summed E-state index contributed by atoms with van der Waals surface area (Å²) in [6, 6.07) is 5.81. The first-order chi connectivity index (χ1) is 16.9. The van der Waals surface area contributed by atoms with Crippen molar-refractivity contribution in [1.82, 2.24) is 14.8 Å². The lowest BCUT2D eigenvalue weighted by molar-refractivity contribution is -0.192. The zero-order valence-electron chi connectivity index (χ0n) is 19.0. The molecule has 1 aromatic heterocycles. The highest BCUT2D eigenvalue weighted by atomic mass is 19.4. The molecule has 9 nitrogen and oxygen atoms in total. The van der Waals surface area contributed by atoms with Crippen LogP contribution in [0.1, 0.15) is 34.5 Å². The second-order valence-corrected chi connectivity index (χ2v) is 8.55. The molecule has 196 valence electrons. The number of nitrogens with zero attached hydrogens (tertiary/aromatic N) is 2. The highest BCUT2D eigenvalue weighted by molar-refractivity contribution is 5.96. The Bertz CT molecular complexity index is 1170. The van der Waals surface area contributed by atoms with E-state index in [4.69, 9.17) is 9.90 Å². The molecule has 1 amide bonds. The maximum absolute atomic E-state index is 13.1. The van der Waals surface area contributed by atoms with E-state index in [9.17, 15) is 37.4 Å². The quantitative estimate of drug-likeness (QED) is 0.459. The summed E-state index contributed by atoms with van der Waals surface area (Å²) in [6.07, 6.45) is -2.78. The molecule has 13 heteroatoms. The number of aromatic nitrogens is 1. The summed E-state index contributed by atoms with van der Waals surface area (Å²) in [7, 11) is 0. The van der Waals surface area contributed by atoms with E-state index < -0.39 is 35.1 Å². The molecular formula is C23H25F4N3O6. The van der Waals surface area contributed by atoms with Gasteiger partial charge in [0.1, 0.15) is 5.82 Å². The third-order valence-corrected chi connectivity index (χ3v) is 6.01. The molecule has 1 fully saturated rings. The van der Waals surface area contributed by atoms with Crippen LogP contribution in [0.15, 0.2) is 29.1 Å². The van der Waals surface area contributed by atoms with E-state index in [1.807, 2.05) is 0 Å². The molecule has 4 N–H and O–H groups in total. The SMILES string of the molecule is O=C(O)C(F)(F)F.O=C1c2c(O)c(O)c(CC3CCCNC3)c(=O)n2CCN1Cc1ccc(F)cc1. The zero-order chi connectivity index (χ0) is 26.6. The molecule has 36 heavy (non-hydrogen) atoms. The number of carboxylic acid groups (broad SMARTS) is 1. The van der Waals surface area contributed by atoms with Gasteiger partial charge in [-0.25, -0.2) is 9.18 Å². The van der Waals surface area contributed by atoms with Gasteiger partial charge in [-0.05, 0) is 56.0 Å². The minimum absolute atomic E-state index is 0.166. The third-order valence-electron chi connectivity index (χ3n) is 6.01. The molecule has 2 aromatic rings. The largest absolute Gasteiger partial charge is 0.504 e. The number of alkyl halides is 3. The number of nitrogens with one attached hydrogen (secondary N) is 1. The number of hydrogen-bond acceptors (Lipinski definition) is 6. The third kappa shape index (κ3) is 6.14. The number of benzene rings is 1. The average molecular weight is 515 g/mol. The molecule has 0 bridgehead atoms. The van der Waals surface area contributed by atoms with Crippen LogP contribution < -0.4 is 10.9 Å². The van der Waals surface area contributed by atoms with Crippen molar-refractivity contribution in [3.63, 3.8) is 0 Å². The summed E-state index contributed by atoms with van der Waals surface area (Å²) in [5.74, 6) is -4.49. The molecule has 2 aliphatic rings. The van der Waals surface area contributed by atoms with E-state index in [2.05, 4.69) is 5.32 Å². The van der Waals surface area contributed by atoms with E-state index in [0.717, 1.165) is 31.5 Å². The standard InChI is InChI=1S/C21H24FN3O4.C2HF3O2/c22-15-5-3-13(4-6-15)12-24-8-9-25-17(21(24)29)19(27)18(26)16(20(25)28)10-14-2-1-7-23-11-14;3-2(4,5)1(6)7/h3-6,14,23,26-27H,1-2,7-12H2;(H,6,7). The van der Waals surface area contributed by atoms with Crippen molar-refractivity contribution in [3.8, 4) is 11.5 Å². The fourth-order valence-electron chi connectivity index (χ4n) is 4.18. The molecule has 2 aliphatic heterocycles. The van der Waals surface area contributed by atoms with Gasteiger partial charge in [-0.2, -0.15) is 13.2 Å². The van der Waals surface area contributed by atoms with Crippen molar-refractivity contribution in [2.75, 3.05) is 19.6 Å². The van der Waals surface area contributed by atoms with Crippen LogP contribution in [0, 0.1) is 11.7 Å². The number of carboxylic acids is 1. The summed E-state index contributed by atoms with van der Waals surface area (Å²) in [4.78, 5) is 36.3. The molecule has 0 spiro atoms. The van der Waals surface area contributed by atoms with E-state index in [1.54, 1.807) is 12.1 Å². The van der Waals surface area contributed by atoms with Crippen LogP contribution in [0.3, 0.4) is 0 Å². The van der Waals surface area contributed by atoms with Gasteiger partial charge in [-0.15, -0.1) is 0 Å². The van der Waals surface area contributed by atoms with Crippen LogP contribution in [0.4, 0.5) is 17.6 Å². The monoisotopic (exact) mass is 515 g/mol. The smallest absolute Gasteiger partial charge is 0.490 e. The lowest BCUT2D eigenvalue weighted by atomic mass is 9.92. The minimum Gasteiger partial charge on any atom is -0.504 e. The molecule has 1 saturated heterocycles. The van der Waals surface area contributed by atoms with Gasteiger partial charge < -0.3 is 25.5 Å². The Balaban J connectivity index is 0.000000454. The summed E-state index contributed by atoms with van der Waals surface area (Å²) < 4.78 is 46.1. The Labute approximate surface area is 202 Å². The predicted molar refractivity (Wildman–Crippen MR) is 118 cm³/mol. The zero-order valence-corrected chi connectivity index (χ0v) is 19.0. The van der Waals surface area contributed by atoms with Crippen LogP contribution in [-0.4, -0.2) is 62.5 Å². The van der Waals surface area contributed by atoms with Gasteiger partial charge in [0, 0.05) is 19.6 Å². The normalized spacial score (nSPS) is 17.7. The average Bonchev–Trinajstić information content (AvgIpc) is 2.83. The second-order valence-electron chi connectivity index (χ2n) is 8.55. The maximum Gasteiger partial charge on any atom is 0.490 e. The van der Waals surface area contributed by atoms with Gasteiger partial charge in [0.15, 0.2) is 17.2 Å². The minimum atomic E-state index is -5.08. The van der Waals surface area contributed by atoms with Crippen LogP contribution >= 0.6 is 0 Å². The summed E-state index contributed by atoms with van der Waals surface area (Å²) in [5, 5.41) is 31.4. The number of piperidine rings is 1. The van der Waals surface area contributed by atoms with Gasteiger partial charge in [0.25, 0.3) is 11.5 Å². The topological polar surface area (TPSA) is 132 Å². The number of halogens is 4. The molecule has 0 radical (unpaired) electrons. The van der Waals surface area contributed by atoms with Crippen molar-refractivity contribution < 1.29 is 42.5 Å². The van der Waals surface area contributed by atoms with Crippen molar-refractivity contribution in [2.24, 2.45) is 5.92 Å². The fraction of sp³-hybridized carbons (Fsp3) is 0.435. The molecule has 1 atom stereocenters. The van der Waals surface area contributed by atoms with Crippen molar-refractivity contribution >= 4 is 11.9 Å². The number of amides is 1. The van der Waals surface area contributed by atoms with E-state index in [1.165, 1.54) is 21.6 Å². The van der Waals surface area contributed by atoms with Crippen LogP contribution in [0.25, 0.3) is 0 Å². The van der Waals surface area contributed by atoms with E-state index in [-0.39, 0.29) is 42.6 Å². The molecule has 3 heterocycles. The van der Waals surface area contributed by atoms with Crippen molar-refractivity contribution in [2.45, 2.75) is 38.5 Å². The Morgan fingerprint density at radius 1 is 1.08 bits per heavy atom. The number of rotatable bonds is 4. The Morgan fingerprint density at radius 3 is 2.28 bits per heavy atom. The van der Waals surface area contributed by atoms with Crippen LogP contribution in [0.5, 0.6) is 11.5 Å². The van der Waals surface area contributed by atoms with Crippen LogP contribution in [0.2, 0.25) is 0 Å². The maximum atomic E-state index is 13.1. The molecule has 4 rings (SSSR count). The Kier molecular flexibility index (Phi) is 8.23. The number of carbonyl (C=O) groups is 2. The number of carbonyl (C=O) groups excluding carboxylic acids is 1. The summed E-state index contributed by atoms with van der Waals surface area (Å²) >= 11 is 0. The number of aliphatic carboxylic acids is 1. The molecule has 0 saturated carbocycles. The van der Waals surface area contributed by atoms with Crippen LogP contribution in [-0.2, 0) is 24.3 Å². The van der Waals surface area contributed by atoms with Gasteiger partial charge in [-0.1, -0.05) is 12.1 Å². The van der Waals surface area contributed by atoms with Gasteiger partial charge in [0.2, 0.25) is 0 Å². The summed E-state index contributed by atoms with van der Waals surface area (Å²) in [6.45, 7) is 2.44. The molecular weight excluding hydrogens is 490 g/mol. The lowest BCUT2D eigenvalue weighted by Gasteiger charge is -2.31. The van der Waals surface area contributed by atoms with Crippen molar-refractivity contribution in [3.05, 3.63) is 57.3 Å². The predicted octanol–water partition coefficient (Wildman–Crippen LogP) is 2.23. The van der Waals surface area contributed by atoms with E-state index >= 15 is 0 Å². The molecule has 1 unspecified atom stereocenters. The number of pyridine rings is 1. The Hall–Kier alpha value is -3.61. The van der Waals surface area contributed by atoms with Gasteiger partial charge in [0.05, 0.1) is 5.56 Å². The first-order valence-electron chi connectivity index (χ1n) is 11.1. The van der Waals surface area contributed by atoms with Crippen molar-refractivity contribution in [1.29, 1.82) is 0 Å². The highest BCUT2D eigenvalue weighted by Crippen LogP contribution is 2.34. The number of hydrogen-bond donors (Lipinski definition) is 4. The van der Waals surface area contributed by atoms with E-state index in [0.29, 0.717) is 6.42 Å². The second kappa shape index (κ2) is 11.0. The first-order valence-corrected chi connectivity index (χ1v) is 11.1. The highest BCUT2D eigenvalue weighted by Gasteiger charge is 2.38.